The van der Waals surface area contributed by atoms with Gasteiger partial charge in [0.05, 0.1) is 24.9 Å². The second-order valence-electron chi connectivity index (χ2n) is 4.43. The van der Waals surface area contributed by atoms with Crippen LogP contribution in [-0.4, -0.2) is 13.2 Å². The number of hydrogen-bond donors (Lipinski definition) is 0. The molecule has 3 nitrogen and oxygen atoms in total. The molecule has 1 aromatic carbocycles. The third-order valence-corrected chi connectivity index (χ3v) is 3.41. The van der Waals surface area contributed by atoms with Crippen molar-refractivity contribution in [2.24, 2.45) is 0 Å². The van der Waals surface area contributed by atoms with E-state index >= 15 is 0 Å². The standard InChI is InChI=1S/C16H19ClO3/c1-4-18-14-7-6-12(9-15(14)19-5-2)16(17)13-8-11(3)20-10-13/h6-10,16H,4-5H2,1-3H3. The second kappa shape index (κ2) is 6.71. The number of rotatable bonds is 6. The van der Waals surface area contributed by atoms with Crippen molar-refractivity contribution in [1.29, 1.82) is 0 Å². The maximum absolute atomic E-state index is 6.49. The summed E-state index contributed by atoms with van der Waals surface area (Å²) in [5.41, 5.74) is 1.90. The molecular weight excluding hydrogens is 276 g/mol. The maximum Gasteiger partial charge on any atom is 0.161 e. The second-order valence-corrected chi connectivity index (χ2v) is 4.86. The number of ether oxygens (including phenoxy) is 2. The number of alkyl halides is 1. The molecule has 0 spiro atoms. The van der Waals surface area contributed by atoms with Crippen LogP contribution in [0.25, 0.3) is 0 Å². The lowest BCUT2D eigenvalue weighted by molar-refractivity contribution is 0.287. The summed E-state index contributed by atoms with van der Waals surface area (Å²) in [6.07, 6.45) is 1.68. The van der Waals surface area contributed by atoms with Crippen LogP contribution in [0.3, 0.4) is 0 Å². The molecule has 0 aliphatic heterocycles. The van der Waals surface area contributed by atoms with E-state index in [1.165, 1.54) is 0 Å². The maximum atomic E-state index is 6.49. The molecule has 0 bridgehead atoms. The number of hydrogen-bond acceptors (Lipinski definition) is 3. The summed E-state index contributed by atoms with van der Waals surface area (Å²) in [5, 5.41) is -0.262. The summed E-state index contributed by atoms with van der Waals surface area (Å²) in [7, 11) is 0. The lowest BCUT2D eigenvalue weighted by atomic mass is 10.1. The van der Waals surface area contributed by atoms with Crippen LogP contribution in [0, 0.1) is 6.92 Å². The zero-order valence-corrected chi connectivity index (χ0v) is 12.7. The largest absolute Gasteiger partial charge is 0.490 e. The van der Waals surface area contributed by atoms with Crippen LogP contribution in [0.5, 0.6) is 11.5 Å². The molecule has 4 heteroatoms. The summed E-state index contributed by atoms with van der Waals surface area (Å²) in [6.45, 7) is 6.98. The Bertz CT molecular complexity index is 563. The predicted molar refractivity (Wildman–Crippen MR) is 79.9 cm³/mol. The SMILES string of the molecule is CCOc1ccc(C(Cl)c2coc(C)c2)cc1OCC. The van der Waals surface area contributed by atoms with Gasteiger partial charge in [-0.1, -0.05) is 6.07 Å². The van der Waals surface area contributed by atoms with E-state index in [9.17, 15) is 0 Å². The molecule has 20 heavy (non-hydrogen) atoms. The van der Waals surface area contributed by atoms with E-state index in [-0.39, 0.29) is 5.38 Å². The Morgan fingerprint density at radius 1 is 1.05 bits per heavy atom. The molecule has 0 amide bonds. The summed E-state index contributed by atoms with van der Waals surface area (Å²) < 4.78 is 16.5. The van der Waals surface area contributed by atoms with Crippen LogP contribution < -0.4 is 9.47 Å². The molecule has 2 rings (SSSR count). The van der Waals surface area contributed by atoms with Gasteiger partial charge in [-0.05, 0) is 44.5 Å². The van der Waals surface area contributed by atoms with Gasteiger partial charge in [-0.25, -0.2) is 0 Å². The van der Waals surface area contributed by atoms with Gasteiger partial charge in [0.1, 0.15) is 5.76 Å². The molecule has 0 saturated carbocycles. The molecule has 108 valence electrons. The quantitative estimate of drug-likeness (QED) is 0.723. The molecule has 0 saturated heterocycles. The van der Waals surface area contributed by atoms with Crippen molar-refractivity contribution in [2.45, 2.75) is 26.1 Å². The smallest absolute Gasteiger partial charge is 0.161 e. The van der Waals surface area contributed by atoms with Crippen LogP contribution >= 0.6 is 11.6 Å². The van der Waals surface area contributed by atoms with E-state index in [1.807, 2.05) is 45.0 Å². The Labute approximate surface area is 124 Å². The van der Waals surface area contributed by atoms with Crippen LogP contribution in [0.1, 0.15) is 36.1 Å². The molecule has 1 atom stereocenters. The Hall–Kier alpha value is -1.61. The lowest BCUT2D eigenvalue weighted by Crippen LogP contribution is -2.00. The van der Waals surface area contributed by atoms with Crippen LogP contribution in [0.15, 0.2) is 34.9 Å². The Balaban J connectivity index is 2.29. The van der Waals surface area contributed by atoms with Gasteiger partial charge in [-0.2, -0.15) is 0 Å². The average molecular weight is 295 g/mol. The summed E-state index contributed by atoms with van der Waals surface area (Å²) >= 11 is 6.49. The van der Waals surface area contributed by atoms with E-state index in [1.54, 1.807) is 6.26 Å². The molecule has 1 heterocycles. The first-order chi connectivity index (χ1) is 9.65. The van der Waals surface area contributed by atoms with E-state index < -0.39 is 0 Å². The fourth-order valence-electron chi connectivity index (χ4n) is 2.01. The highest BCUT2D eigenvalue weighted by atomic mass is 35.5. The minimum absolute atomic E-state index is 0.262. The van der Waals surface area contributed by atoms with Crippen LogP contribution in [0.2, 0.25) is 0 Å². The Morgan fingerprint density at radius 2 is 1.75 bits per heavy atom. The molecule has 0 N–H and O–H groups in total. The zero-order chi connectivity index (χ0) is 14.5. The van der Waals surface area contributed by atoms with Gasteiger partial charge in [-0.15, -0.1) is 11.6 Å². The van der Waals surface area contributed by atoms with Crippen molar-refractivity contribution in [2.75, 3.05) is 13.2 Å². The summed E-state index contributed by atoms with van der Waals surface area (Å²) in [4.78, 5) is 0. The van der Waals surface area contributed by atoms with Gasteiger partial charge in [0.2, 0.25) is 0 Å². The van der Waals surface area contributed by atoms with Gasteiger partial charge in [-0.3, -0.25) is 0 Å². The van der Waals surface area contributed by atoms with Gasteiger partial charge in [0.25, 0.3) is 0 Å². The van der Waals surface area contributed by atoms with E-state index in [0.29, 0.717) is 13.2 Å². The van der Waals surface area contributed by atoms with Gasteiger partial charge >= 0.3 is 0 Å². The number of aryl methyl sites for hydroxylation is 1. The van der Waals surface area contributed by atoms with Crippen LogP contribution in [0.4, 0.5) is 0 Å². The highest BCUT2D eigenvalue weighted by molar-refractivity contribution is 6.22. The normalized spacial score (nSPS) is 12.2. The van der Waals surface area contributed by atoms with Gasteiger partial charge < -0.3 is 13.9 Å². The highest BCUT2D eigenvalue weighted by Gasteiger charge is 2.16. The first kappa shape index (κ1) is 14.8. The van der Waals surface area contributed by atoms with Crippen molar-refractivity contribution < 1.29 is 13.9 Å². The molecule has 0 aliphatic rings. The van der Waals surface area contributed by atoms with Crippen molar-refractivity contribution in [3.05, 3.63) is 47.4 Å². The average Bonchev–Trinajstić information content (AvgIpc) is 2.87. The highest BCUT2D eigenvalue weighted by Crippen LogP contribution is 2.36. The number of halogens is 1. The van der Waals surface area contributed by atoms with Crippen molar-refractivity contribution in [1.82, 2.24) is 0 Å². The van der Waals surface area contributed by atoms with Crippen molar-refractivity contribution >= 4 is 11.6 Å². The lowest BCUT2D eigenvalue weighted by Gasteiger charge is -2.14. The zero-order valence-electron chi connectivity index (χ0n) is 12.0. The van der Waals surface area contributed by atoms with E-state index in [2.05, 4.69) is 0 Å². The first-order valence-corrected chi connectivity index (χ1v) is 7.18. The first-order valence-electron chi connectivity index (χ1n) is 6.74. The third kappa shape index (κ3) is 3.28. The number of benzene rings is 1. The van der Waals surface area contributed by atoms with Crippen molar-refractivity contribution in [3.63, 3.8) is 0 Å². The minimum Gasteiger partial charge on any atom is -0.490 e. The third-order valence-electron chi connectivity index (χ3n) is 2.90. The molecule has 1 unspecified atom stereocenters. The molecule has 2 aromatic rings. The fourth-order valence-corrected chi connectivity index (χ4v) is 2.26. The summed E-state index contributed by atoms with van der Waals surface area (Å²) in [6, 6.07) is 7.71. The number of furan rings is 1. The van der Waals surface area contributed by atoms with Crippen molar-refractivity contribution in [3.8, 4) is 11.5 Å². The fraction of sp³-hybridized carbons (Fsp3) is 0.375. The molecule has 0 radical (unpaired) electrons. The van der Waals surface area contributed by atoms with Gasteiger partial charge in [0.15, 0.2) is 11.5 Å². The monoisotopic (exact) mass is 294 g/mol. The Kier molecular flexibility index (Phi) is 4.96. The molecule has 0 fully saturated rings. The predicted octanol–water partition coefficient (Wildman–Crippen LogP) is 4.71. The molecule has 1 aromatic heterocycles. The molecule has 0 aliphatic carbocycles. The minimum atomic E-state index is -0.262. The molecular formula is C16H19ClO3. The summed E-state index contributed by atoms with van der Waals surface area (Å²) in [5.74, 6) is 2.31. The van der Waals surface area contributed by atoms with E-state index in [4.69, 9.17) is 25.5 Å². The topological polar surface area (TPSA) is 31.6 Å². The Morgan fingerprint density at radius 3 is 2.35 bits per heavy atom. The van der Waals surface area contributed by atoms with Gasteiger partial charge in [0, 0.05) is 5.56 Å². The van der Waals surface area contributed by atoms with Crippen LogP contribution in [-0.2, 0) is 0 Å². The van der Waals surface area contributed by atoms with E-state index in [0.717, 1.165) is 28.4 Å².